The van der Waals surface area contributed by atoms with Crippen molar-refractivity contribution in [3.63, 3.8) is 0 Å². The van der Waals surface area contributed by atoms with Crippen molar-refractivity contribution in [2.75, 3.05) is 21.3 Å². The highest BCUT2D eigenvalue weighted by molar-refractivity contribution is 5.98. The Hall–Kier alpha value is -2.69. The quantitative estimate of drug-likeness (QED) is 0.790. The fraction of sp³-hybridized carbons (Fsp3) is 0.188. The molecule has 0 N–H and O–H groups in total. The van der Waals surface area contributed by atoms with Crippen LogP contribution in [0.5, 0.6) is 11.5 Å². The molecule has 0 aliphatic heterocycles. The van der Waals surface area contributed by atoms with Crippen molar-refractivity contribution in [1.29, 1.82) is 0 Å². The molecule has 0 atom stereocenters. The topological polar surface area (TPSA) is 57.9 Å². The maximum Gasteiger partial charge on any atom is 0.342 e. The molecule has 1 heterocycles. The summed E-state index contributed by atoms with van der Waals surface area (Å²) in [5.41, 5.74) is 0.957. The molecule has 110 valence electrons. The minimum absolute atomic E-state index is 0.337. The fourth-order valence-corrected chi connectivity index (χ4v) is 1.90. The molecule has 1 aromatic heterocycles. The summed E-state index contributed by atoms with van der Waals surface area (Å²) in [5.74, 6) is 1.17. The van der Waals surface area contributed by atoms with Crippen LogP contribution in [0.1, 0.15) is 21.7 Å². The van der Waals surface area contributed by atoms with Gasteiger partial charge in [0.2, 0.25) is 0 Å². The highest BCUT2D eigenvalue weighted by Gasteiger charge is 2.18. The van der Waals surface area contributed by atoms with Gasteiger partial charge < -0.3 is 18.6 Å². The van der Waals surface area contributed by atoms with E-state index in [1.54, 1.807) is 43.7 Å². The van der Waals surface area contributed by atoms with Crippen LogP contribution < -0.4 is 9.47 Å². The lowest BCUT2D eigenvalue weighted by molar-refractivity contribution is 0.0597. The van der Waals surface area contributed by atoms with E-state index in [4.69, 9.17) is 18.6 Å². The van der Waals surface area contributed by atoms with Crippen LogP contribution >= 0.6 is 0 Å². The second-order valence-electron chi connectivity index (χ2n) is 4.13. The number of ether oxygens (including phenoxy) is 3. The monoisotopic (exact) mass is 288 g/mol. The van der Waals surface area contributed by atoms with E-state index < -0.39 is 5.97 Å². The van der Waals surface area contributed by atoms with Gasteiger partial charge in [-0.25, -0.2) is 4.79 Å². The molecule has 0 radical (unpaired) electrons. The Morgan fingerprint density at radius 1 is 1.14 bits per heavy atom. The van der Waals surface area contributed by atoms with E-state index in [1.807, 2.05) is 6.07 Å². The lowest BCUT2D eigenvalue weighted by Gasteiger charge is -2.12. The Labute approximate surface area is 122 Å². The van der Waals surface area contributed by atoms with E-state index in [0.29, 0.717) is 28.4 Å². The summed E-state index contributed by atoms with van der Waals surface area (Å²) < 4.78 is 20.5. The molecule has 0 aliphatic carbocycles. The minimum Gasteiger partial charge on any atom is -0.497 e. The summed E-state index contributed by atoms with van der Waals surface area (Å²) in [6.45, 7) is 0. The average Bonchev–Trinajstić information content (AvgIpc) is 3.04. The number of methoxy groups -OCH3 is 3. The Morgan fingerprint density at radius 2 is 1.95 bits per heavy atom. The highest BCUT2D eigenvalue weighted by atomic mass is 16.5. The number of furan rings is 1. The molecule has 0 spiro atoms. The van der Waals surface area contributed by atoms with E-state index in [2.05, 4.69) is 0 Å². The van der Waals surface area contributed by atoms with Crippen LogP contribution in [0.25, 0.3) is 12.2 Å². The molecule has 0 fully saturated rings. The second kappa shape index (κ2) is 6.65. The SMILES string of the molecule is COC(=O)c1c(/C=C\c2ccco2)cc(OC)cc1OC. The van der Waals surface area contributed by atoms with Crippen LogP contribution in [-0.4, -0.2) is 27.3 Å². The van der Waals surface area contributed by atoms with Gasteiger partial charge in [-0.2, -0.15) is 0 Å². The normalized spacial score (nSPS) is 10.6. The van der Waals surface area contributed by atoms with Gasteiger partial charge in [0.1, 0.15) is 22.8 Å². The predicted octanol–water partition coefficient (Wildman–Crippen LogP) is 3.25. The van der Waals surface area contributed by atoms with Gasteiger partial charge in [-0.1, -0.05) is 6.08 Å². The van der Waals surface area contributed by atoms with Crippen LogP contribution in [0, 0.1) is 0 Å². The largest absolute Gasteiger partial charge is 0.497 e. The van der Waals surface area contributed by atoms with Crippen molar-refractivity contribution in [2.45, 2.75) is 0 Å². The molecule has 0 saturated carbocycles. The van der Waals surface area contributed by atoms with Crippen LogP contribution in [0.15, 0.2) is 34.9 Å². The van der Waals surface area contributed by atoms with E-state index in [0.717, 1.165) is 0 Å². The number of rotatable bonds is 5. The first-order valence-electron chi connectivity index (χ1n) is 6.25. The summed E-state index contributed by atoms with van der Waals surface area (Å²) >= 11 is 0. The van der Waals surface area contributed by atoms with Gasteiger partial charge in [-0.05, 0) is 29.8 Å². The summed E-state index contributed by atoms with van der Waals surface area (Å²) in [6.07, 6.45) is 5.07. The number of esters is 1. The summed E-state index contributed by atoms with van der Waals surface area (Å²) in [7, 11) is 4.36. The molecular formula is C16H16O5. The molecule has 5 heteroatoms. The van der Waals surface area contributed by atoms with E-state index in [1.165, 1.54) is 14.2 Å². The zero-order valence-corrected chi connectivity index (χ0v) is 12.1. The lowest BCUT2D eigenvalue weighted by Crippen LogP contribution is -2.07. The summed E-state index contributed by atoms with van der Waals surface area (Å²) in [5, 5.41) is 0. The second-order valence-corrected chi connectivity index (χ2v) is 4.13. The first kappa shape index (κ1) is 14.7. The lowest BCUT2D eigenvalue weighted by atomic mass is 10.0. The smallest absolute Gasteiger partial charge is 0.342 e. The summed E-state index contributed by atoms with van der Waals surface area (Å²) in [4.78, 5) is 12.0. The maximum atomic E-state index is 12.0. The molecule has 1 aromatic carbocycles. The third-order valence-electron chi connectivity index (χ3n) is 2.92. The van der Waals surface area contributed by atoms with Crippen LogP contribution in [0.2, 0.25) is 0 Å². The maximum absolute atomic E-state index is 12.0. The van der Waals surface area contributed by atoms with Gasteiger partial charge in [0.05, 0.1) is 27.6 Å². The Kier molecular flexibility index (Phi) is 4.66. The standard InChI is InChI=1S/C16H16O5/c1-18-13-9-11(6-7-12-5-4-8-21-12)15(16(17)20-3)14(10-13)19-2/h4-10H,1-3H3/b7-6-. The third kappa shape index (κ3) is 3.25. The number of hydrogen-bond donors (Lipinski definition) is 0. The van der Waals surface area contributed by atoms with Crippen LogP contribution in [0.4, 0.5) is 0 Å². The Balaban J connectivity index is 2.52. The zero-order valence-electron chi connectivity index (χ0n) is 12.1. The van der Waals surface area contributed by atoms with E-state index in [9.17, 15) is 4.79 Å². The Morgan fingerprint density at radius 3 is 2.52 bits per heavy atom. The van der Waals surface area contributed by atoms with Crippen molar-refractivity contribution in [2.24, 2.45) is 0 Å². The van der Waals surface area contributed by atoms with Gasteiger partial charge in [0, 0.05) is 6.07 Å². The molecule has 0 amide bonds. The van der Waals surface area contributed by atoms with Gasteiger partial charge in [0.15, 0.2) is 0 Å². The first-order chi connectivity index (χ1) is 10.2. The molecule has 5 nitrogen and oxygen atoms in total. The van der Waals surface area contributed by atoms with Gasteiger partial charge in [0.25, 0.3) is 0 Å². The molecule has 0 bridgehead atoms. The third-order valence-corrected chi connectivity index (χ3v) is 2.92. The van der Waals surface area contributed by atoms with Gasteiger partial charge >= 0.3 is 5.97 Å². The van der Waals surface area contributed by atoms with Crippen molar-refractivity contribution >= 4 is 18.1 Å². The first-order valence-corrected chi connectivity index (χ1v) is 6.25. The average molecular weight is 288 g/mol. The molecular weight excluding hydrogens is 272 g/mol. The minimum atomic E-state index is -0.478. The van der Waals surface area contributed by atoms with Crippen molar-refractivity contribution in [1.82, 2.24) is 0 Å². The zero-order chi connectivity index (χ0) is 15.2. The van der Waals surface area contributed by atoms with Gasteiger partial charge in [-0.15, -0.1) is 0 Å². The molecule has 21 heavy (non-hydrogen) atoms. The van der Waals surface area contributed by atoms with Crippen molar-refractivity contribution in [3.8, 4) is 11.5 Å². The van der Waals surface area contributed by atoms with Crippen LogP contribution in [-0.2, 0) is 4.74 Å². The number of carbonyl (C=O) groups excluding carboxylic acids is 1. The van der Waals surface area contributed by atoms with Crippen molar-refractivity contribution < 1.29 is 23.4 Å². The fourth-order valence-electron chi connectivity index (χ4n) is 1.90. The number of carbonyl (C=O) groups is 1. The van der Waals surface area contributed by atoms with E-state index >= 15 is 0 Å². The molecule has 0 aliphatic rings. The van der Waals surface area contributed by atoms with E-state index in [-0.39, 0.29) is 0 Å². The summed E-state index contributed by atoms with van der Waals surface area (Å²) in [6, 6.07) is 6.96. The molecule has 2 aromatic rings. The highest BCUT2D eigenvalue weighted by Crippen LogP contribution is 2.30. The van der Waals surface area contributed by atoms with Crippen LogP contribution in [0.3, 0.4) is 0 Å². The predicted molar refractivity (Wildman–Crippen MR) is 78.5 cm³/mol. The molecule has 2 rings (SSSR count). The molecule has 0 unspecified atom stereocenters. The molecule has 0 saturated heterocycles. The van der Waals surface area contributed by atoms with Gasteiger partial charge in [-0.3, -0.25) is 0 Å². The number of hydrogen-bond acceptors (Lipinski definition) is 5. The number of benzene rings is 1. The Bertz CT molecular complexity index is 641. The van der Waals surface area contributed by atoms with Crippen molar-refractivity contribution in [3.05, 3.63) is 47.4 Å².